The number of ether oxygens (including phenoxy) is 1. The molecule has 0 aromatic carbocycles. The number of hydrogen-bond donors (Lipinski definition) is 1. The fraction of sp³-hybridized carbons (Fsp3) is 0.250. The van der Waals surface area contributed by atoms with Crippen LogP contribution in [0.15, 0.2) is 6.07 Å². The number of hydrogen-bond acceptors (Lipinski definition) is 4. The summed E-state index contributed by atoms with van der Waals surface area (Å²) in [6, 6.07) is 0.856. The first-order chi connectivity index (χ1) is 6.97. The van der Waals surface area contributed by atoms with Gasteiger partial charge in [0.15, 0.2) is 5.69 Å². The molecule has 0 aliphatic heterocycles. The molecule has 82 valence electrons. The van der Waals surface area contributed by atoms with Gasteiger partial charge in [-0.3, -0.25) is 0 Å². The maximum absolute atomic E-state index is 12.4. The summed E-state index contributed by atoms with van der Waals surface area (Å²) in [5.41, 5.74) is 4.43. The molecule has 0 aliphatic carbocycles. The Hall–Kier alpha value is -1.43. The van der Waals surface area contributed by atoms with Crippen molar-refractivity contribution in [2.45, 2.75) is 6.43 Å². The molecule has 1 rings (SSSR count). The number of anilines is 1. The van der Waals surface area contributed by atoms with Crippen LogP contribution in [-0.2, 0) is 4.74 Å². The molecule has 0 radical (unpaired) electrons. The Balaban J connectivity index is 3.29. The molecular weight excluding hydrogens is 230 g/mol. The highest BCUT2D eigenvalue weighted by molar-refractivity contribution is 6.33. The molecule has 0 amide bonds. The number of pyridine rings is 1. The summed E-state index contributed by atoms with van der Waals surface area (Å²) in [5, 5.41) is -0.349. The van der Waals surface area contributed by atoms with E-state index >= 15 is 0 Å². The minimum absolute atomic E-state index is 0.297. The zero-order valence-electron chi connectivity index (χ0n) is 7.63. The highest BCUT2D eigenvalue weighted by Crippen LogP contribution is 2.30. The van der Waals surface area contributed by atoms with E-state index in [1.807, 2.05) is 0 Å². The van der Waals surface area contributed by atoms with Gasteiger partial charge in [0.05, 0.1) is 12.1 Å². The number of aromatic nitrogens is 1. The number of methoxy groups -OCH3 is 1. The lowest BCUT2D eigenvalue weighted by molar-refractivity contribution is 0.0593. The topological polar surface area (TPSA) is 65.2 Å². The molecule has 0 saturated heterocycles. The second-order valence-corrected chi connectivity index (χ2v) is 2.97. The first-order valence-corrected chi connectivity index (χ1v) is 4.17. The van der Waals surface area contributed by atoms with Gasteiger partial charge >= 0.3 is 5.97 Å². The van der Waals surface area contributed by atoms with Crippen molar-refractivity contribution in [1.29, 1.82) is 0 Å². The first kappa shape index (κ1) is 11.6. The Morgan fingerprint density at radius 3 is 2.73 bits per heavy atom. The summed E-state index contributed by atoms with van der Waals surface area (Å²) in [5.74, 6) is -1.17. The molecule has 1 aromatic heterocycles. The minimum atomic E-state index is -2.83. The number of halogens is 3. The number of carbonyl (C=O) groups excluding carboxylic acids is 1. The van der Waals surface area contributed by atoms with Gasteiger partial charge in [-0.05, 0) is 6.07 Å². The second kappa shape index (κ2) is 4.39. The average molecular weight is 237 g/mol. The van der Waals surface area contributed by atoms with E-state index < -0.39 is 18.0 Å². The van der Waals surface area contributed by atoms with Gasteiger partial charge in [-0.15, -0.1) is 0 Å². The molecule has 0 atom stereocenters. The molecule has 0 bridgehead atoms. The van der Waals surface area contributed by atoms with E-state index in [1.54, 1.807) is 0 Å². The third-order valence-electron chi connectivity index (χ3n) is 1.64. The van der Waals surface area contributed by atoms with Gasteiger partial charge in [0.1, 0.15) is 5.82 Å². The van der Waals surface area contributed by atoms with E-state index in [2.05, 4.69) is 9.72 Å². The lowest BCUT2D eigenvalue weighted by Crippen LogP contribution is -2.08. The van der Waals surface area contributed by atoms with E-state index in [-0.39, 0.29) is 16.5 Å². The van der Waals surface area contributed by atoms with Crippen LogP contribution in [0.4, 0.5) is 14.6 Å². The van der Waals surface area contributed by atoms with Crippen LogP contribution in [0.5, 0.6) is 0 Å². The van der Waals surface area contributed by atoms with Gasteiger partial charge in [-0.25, -0.2) is 18.6 Å². The van der Waals surface area contributed by atoms with Gasteiger partial charge < -0.3 is 10.5 Å². The summed E-state index contributed by atoms with van der Waals surface area (Å²) in [4.78, 5) is 14.5. The summed E-state index contributed by atoms with van der Waals surface area (Å²) >= 11 is 5.49. The Kier molecular flexibility index (Phi) is 3.41. The molecule has 7 heteroatoms. The Labute approximate surface area is 89.0 Å². The molecule has 1 aromatic rings. The van der Waals surface area contributed by atoms with Crippen LogP contribution in [0.25, 0.3) is 0 Å². The zero-order valence-corrected chi connectivity index (χ0v) is 8.39. The highest BCUT2D eigenvalue weighted by atomic mass is 35.5. The molecule has 0 spiro atoms. The monoisotopic (exact) mass is 236 g/mol. The van der Waals surface area contributed by atoms with Crippen molar-refractivity contribution in [1.82, 2.24) is 4.98 Å². The van der Waals surface area contributed by atoms with Crippen LogP contribution in [-0.4, -0.2) is 18.1 Å². The van der Waals surface area contributed by atoms with Crippen molar-refractivity contribution < 1.29 is 18.3 Å². The molecule has 4 nitrogen and oxygen atoms in total. The maximum Gasteiger partial charge on any atom is 0.356 e. The van der Waals surface area contributed by atoms with E-state index in [0.717, 1.165) is 13.2 Å². The van der Waals surface area contributed by atoms with Crippen molar-refractivity contribution in [2.75, 3.05) is 12.8 Å². The summed E-state index contributed by atoms with van der Waals surface area (Å²) in [6.07, 6.45) is -2.83. The number of nitrogen functional groups attached to an aromatic ring is 1. The van der Waals surface area contributed by atoms with Crippen LogP contribution < -0.4 is 5.73 Å². The second-order valence-electron chi connectivity index (χ2n) is 2.59. The summed E-state index contributed by atoms with van der Waals surface area (Å²) in [6.45, 7) is 0. The van der Waals surface area contributed by atoms with Crippen molar-refractivity contribution in [3.63, 3.8) is 0 Å². The number of esters is 1. The number of alkyl halides is 2. The fourth-order valence-corrected chi connectivity index (χ4v) is 1.12. The van der Waals surface area contributed by atoms with Gasteiger partial charge in [-0.1, -0.05) is 11.6 Å². The Morgan fingerprint density at radius 2 is 2.27 bits per heavy atom. The average Bonchev–Trinajstić information content (AvgIpc) is 2.20. The molecule has 0 unspecified atom stereocenters. The number of nitrogens with zero attached hydrogens (tertiary/aromatic N) is 1. The molecule has 0 saturated carbocycles. The van der Waals surface area contributed by atoms with Crippen LogP contribution in [0.2, 0.25) is 5.02 Å². The predicted molar refractivity (Wildman–Crippen MR) is 50.0 cm³/mol. The van der Waals surface area contributed by atoms with E-state index in [9.17, 15) is 13.6 Å². The molecule has 2 N–H and O–H groups in total. The highest BCUT2D eigenvalue weighted by Gasteiger charge is 2.19. The van der Waals surface area contributed by atoms with Crippen molar-refractivity contribution in [2.24, 2.45) is 0 Å². The Morgan fingerprint density at radius 1 is 1.67 bits per heavy atom. The van der Waals surface area contributed by atoms with Crippen molar-refractivity contribution >= 4 is 23.4 Å². The van der Waals surface area contributed by atoms with Crippen LogP contribution in [0.3, 0.4) is 0 Å². The van der Waals surface area contributed by atoms with E-state index in [4.69, 9.17) is 17.3 Å². The van der Waals surface area contributed by atoms with Gasteiger partial charge in [0, 0.05) is 5.56 Å². The van der Waals surface area contributed by atoms with Gasteiger partial charge in [0.25, 0.3) is 6.43 Å². The SMILES string of the molecule is COC(=O)c1cc(C(F)F)c(Cl)c(N)n1. The lowest BCUT2D eigenvalue weighted by Gasteiger charge is -2.07. The number of carbonyl (C=O) groups is 1. The molecule has 0 aliphatic rings. The maximum atomic E-state index is 12.4. The third kappa shape index (κ3) is 2.33. The van der Waals surface area contributed by atoms with E-state index in [0.29, 0.717) is 0 Å². The predicted octanol–water partition coefficient (Wildman–Crippen LogP) is 2.04. The number of rotatable bonds is 2. The van der Waals surface area contributed by atoms with Gasteiger partial charge in [0.2, 0.25) is 0 Å². The smallest absolute Gasteiger partial charge is 0.356 e. The van der Waals surface area contributed by atoms with Crippen LogP contribution in [0.1, 0.15) is 22.5 Å². The van der Waals surface area contributed by atoms with Crippen LogP contribution in [0, 0.1) is 0 Å². The standard InChI is InChI=1S/C8H7ClF2N2O2/c1-15-8(14)4-2-3(6(10)11)5(9)7(12)13-4/h2,6H,1H3,(H2,12,13). The minimum Gasteiger partial charge on any atom is -0.464 e. The summed E-state index contributed by atoms with van der Waals surface area (Å²) < 4.78 is 29.2. The fourth-order valence-electron chi connectivity index (χ4n) is 0.938. The summed E-state index contributed by atoms with van der Waals surface area (Å²) in [7, 11) is 1.11. The van der Waals surface area contributed by atoms with E-state index in [1.165, 1.54) is 0 Å². The van der Waals surface area contributed by atoms with Crippen molar-refractivity contribution in [3.05, 3.63) is 22.3 Å². The zero-order chi connectivity index (χ0) is 11.6. The number of nitrogens with two attached hydrogens (primary N) is 1. The first-order valence-electron chi connectivity index (χ1n) is 3.79. The molecule has 15 heavy (non-hydrogen) atoms. The molecular formula is C8H7ClF2N2O2. The normalized spacial score (nSPS) is 10.5. The third-order valence-corrected chi connectivity index (χ3v) is 2.05. The Bertz CT molecular complexity index is 398. The molecule has 0 fully saturated rings. The quantitative estimate of drug-likeness (QED) is 0.798. The van der Waals surface area contributed by atoms with Crippen LogP contribution >= 0.6 is 11.6 Å². The van der Waals surface area contributed by atoms with Crippen molar-refractivity contribution in [3.8, 4) is 0 Å². The lowest BCUT2D eigenvalue weighted by atomic mass is 10.2. The largest absolute Gasteiger partial charge is 0.464 e. The molecule has 1 heterocycles. The van der Waals surface area contributed by atoms with Gasteiger partial charge in [-0.2, -0.15) is 0 Å².